The van der Waals surface area contributed by atoms with Gasteiger partial charge in [0.15, 0.2) is 0 Å². The molecule has 3 heterocycles. The third kappa shape index (κ3) is 4.59. The normalized spacial score (nSPS) is 17.0. The number of aromatic nitrogens is 3. The van der Waals surface area contributed by atoms with Gasteiger partial charge in [-0.05, 0) is 51.0 Å². The second-order valence-electron chi connectivity index (χ2n) is 6.55. The van der Waals surface area contributed by atoms with E-state index in [-0.39, 0.29) is 0 Å². The summed E-state index contributed by atoms with van der Waals surface area (Å²) in [4.78, 5) is 8.89. The highest BCUT2D eigenvalue weighted by Crippen LogP contribution is 2.17. The molecule has 6 nitrogen and oxygen atoms in total. The predicted molar refractivity (Wildman–Crippen MR) is 88.7 cm³/mol. The van der Waals surface area contributed by atoms with E-state index in [1.807, 2.05) is 12.1 Å². The molecule has 0 bridgehead atoms. The van der Waals surface area contributed by atoms with Crippen LogP contribution in [0.25, 0.3) is 11.5 Å². The number of pyridine rings is 1. The lowest BCUT2D eigenvalue weighted by molar-refractivity contribution is 0.210. The van der Waals surface area contributed by atoms with E-state index >= 15 is 0 Å². The summed E-state index contributed by atoms with van der Waals surface area (Å²) >= 11 is 0. The van der Waals surface area contributed by atoms with E-state index in [1.165, 1.54) is 32.5 Å². The Bertz CT molecular complexity index is 594. The second kappa shape index (κ2) is 7.66. The third-order valence-corrected chi connectivity index (χ3v) is 4.17. The molecular formula is C17H25N5O. The summed E-state index contributed by atoms with van der Waals surface area (Å²) in [7, 11) is 2.11. The zero-order valence-electron chi connectivity index (χ0n) is 14.0. The SMILES string of the molecule is CC(CN(C)Cc1nnc(-c2cccnc2)o1)CN1CCCC1. The van der Waals surface area contributed by atoms with Crippen LogP contribution in [-0.2, 0) is 6.54 Å². The van der Waals surface area contributed by atoms with Gasteiger partial charge in [-0.2, -0.15) is 0 Å². The Morgan fingerprint density at radius 2 is 2.13 bits per heavy atom. The van der Waals surface area contributed by atoms with Crippen LogP contribution in [0.4, 0.5) is 0 Å². The molecule has 0 radical (unpaired) electrons. The van der Waals surface area contributed by atoms with Crippen molar-refractivity contribution < 1.29 is 4.42 Å². The topological polar surface area (TPSA) is 58.3 Å². The van der Waals surface area contributed by atoms with Crippen molar-refractivity contribution in [3.05, 3.63) is 30.4 Å². The summed E-state index contributed by atoms with van der Waals surface area (Å²) in [5.74, 6) is 1.82. The van der Waals surface area contributed by atoms with Gasteiger partial charge in [0.2, 0.25) is 11.8 Å². The van der Waals surface area contributed by atoms with Gasteiger partial charge in [0.25, 0.3) is 0 Å². The zero-order chi connectivity index (χ0) is 16.1. The fourth-order valence-corrected chi connectivity index (χ4v) is 3.21. The maximum absolute atomic E-state index is 5.74. The fraction of sp³-hybridized carbons (Fsp3) is 0.588. The lowest BCUT2D eigenvalue weighted by Gasteiger charge is -2.24. The van der Waals surface area contributed by atoms with Gasteiger partial charge in [-0.15, -0.1) is 10.2 Å². The molecule has 3 rings (SSSR count). The van der Waals surface area contributed by atoms with Crippen molar-refractivity contribution in [1.29, 1.82) is 0 Å². The van der Waals surface area contributed by atoms with Gasteiger partial charge < -0.3 is 9.32 Å². The number of nitrogens with zero attached hydrogens (tertiary/aromatic N) is 5. The van der Waals surface area contributed by atoms with Crippen LogP contribution in [0, 0.1) is 5.92 Å². The molecule has 1 aliphatic rings. The van der Waals surface area contributed by atoms with Gasteiger partial charge in [0.05, 0.1) is 12.1 Å². The van der Waals surface area contributed by atoms with Crippen molar-refractivity contribution in [2.24, 2.45) is 5.92 Å². The first-order chi connectivity index (χ1) is 11.2. The van der Waals surface area contributed by atoms with Crippen LogP contribution in [0.3, 0.4) is 0 Å². The maximum Gasteiger partial charge on any atom is 0.249 e. The van der Waals surface area contributed by atoms with Crippen LogP contribution >= 0.6 is 0 Å². The minimum atomic E-state index is 0.534. The average Bonchev–Trinajstić information content (AvgIpc) is 3.20. The predicted octanol–water partition coefficient (Wildman–Crippen LogP) is 2.30. The van der Waals surface area contributed by atoms with E-state index in [1.54, 1.807) is 12.4 Å². The van der Waals surface area contributed by atoms with Crippen LogP contribution in [0.5, 0.6) is 0 Å². The van der Waals surface area contributed by atoms with E-state index in [0.29, 0.717) is 24.2 Å². The Kier molecular flexibility index (Phi) is 5.35. The standard InChI is InChI=1S/C17H25N5O/c1-14(12-22-8-3-4-9-22)11-21(2)13-16-19-20-17(23-16)15-6-5-7-18-10-15/h5-7,10,14H,3-4,8-9,11-13H2,1-2H3. The summed E-state index contributed by atoms with van der Waals surface area (Å²) in [6.45, 7) is 7.70. The van der Waals surface area contributed by atoms with Crippen molar-refractivity contribution >= 4 is 0 Å². The molecule has 1 atom stereocenters. The van der Waals surface area contributed by atoms with Crippen molar-refractivity contribution in [3.63, 3.8) is 0 Å². The molecule has 1 unspecified atom stereocenters. The van der Waals surface area contributed by atoms with Crippen molar-refractivity contribution in [2.75, 3.05) is 33.2 Å². The Hall–Kier alpha value is -1.79. The van der Waals surface area contributed by atoms with Gasteiger partial charge >= 0.3 is 0 Å². The highest BCUT2D eigenvalue weighted by Gasteiger charge is 2.17. The molecule has 0 spiro atoms. The molecule has 0 saturated carbocycles. The second-order valence-corrected chi connectivity index (χ2v) is 6.55. The van der Waals surface area contributed by atoms with Gasteiger partial charge in [0, 0.05) is 25.5 Å². The van der Waals surface area contributed by atoms with Crippen LogP contribution in [-0.4, -0.2) is 58.2 Å². The fourth-order valence-electron chi connectivity index (χ4n) is 3.21. The van der Waals surface area contributed by atoms with Gasteiger partial charge in [-0.1, -0.05) is 6.92 Å². The smallest absolute Gasteiger partial charge is 0.249 e. The molecule has 23 heavy (non-hydrogen) atoms. The first-order valence-corrected chi connectivity index (χ1v) is 8.34. The van der Waals surface area contributed by atoms with E-state index in [9.17, 15) is 0 Å². The molecule has 124 valence electrons. The average molecular weight is 315 g/mol. The Labute approximate surface area is 137 Å². The number of hydrogen-bond donors (Lipinski definition) is 0. The number of rotatable bonds is 7. The van der Waals surface area contributed by atoms with Gasteiger partial charge in [0.1, 0.15) is 0 Å². The van der Waals surface area contributed by atoms with Crippen LogP contribution in [0.15, 0.2) is 28.9 Å². The lowest BCUT2D eigenvalue weighted by atomic mass is 10.1. The molecule has 0 aliphatic carbocycles. The van der Waals surface area contributed by atoms with Gasteiger partial charge in [-0.3, -0.25) is 9.88 Å². The molecule has 0 N–H and O–H groups in total. The Morgan fingerprint density at radius 3 is 2.87 bits per heavy atom. The largest absolute Gasteiger partial charge is 0.419 e. The maximum atomic E-state index is 5.74. The lowest BCUT2D eigenvalue weighted by Crippen LogP contribution is -2.32. The molecular weight excluding hydrogens is 290 g/mol. The summed E-state index contributed by atoms with van der Waals surface area (Å²) in [6.07, 6.45) is 6.17. The Morgan fingerprint density at radius 1 is 1.30 bits per heavy atom. The van der Waals surface area contributed by atoms with E-state index < -0.39 is 0 Å². The molecule has 0 amide bonds. The molecule has 1 saturated heterocycles. The molecule has 1 aliphatic heterocycles. The monoisotopic (exact) mass is 315 g/mol. The molecule has 2 aromatic rings. The Balaban J connectivity index is 1.49. The minimum Gasteiger partial charge on any atom is -0.419 e. The highest BCUT2D eigenvalue weighted by molar-refractivity contribution is 5.49. The highest BCUT2D eigenvalue weighted by atomic mass is 16.4. The van der Waals surface area contributed by atoms with Crippen molar-refractivity contribution in [3.8, 4) is 11.5 Å². The van der Waals surface area contributed by atoms with Crippen molar-refractivity contribution in [1.82, 2.24) is 25.0 Å². The quantitative estimate of drug-likeness (QED) is 0.781. The summed E-state index contributed by atoms with van der Waals surface area (Å²) in [5, 5.41) is 8.26. The van der Waals surface area contributed by atoms with E-state index in [0.717, 1.165) is 12.1 Å². The minimum absolute atomic E-state index is 0.534. The van der Waals surface area contributed by atoms with Gasteiger partial charge in [-0.25, -0.2) is 0 Å². The molecule has 2 aromatic heterocycles. The molecule has 0 aromatic carbocycles. The first kappa shape index (κ1) is 16.1. The van der Waals surface area contributed by atoms with Crippen LogP contribution < -0.4 is 0 Å². The van der Waals surface area contributed by atoms with Crippen LogP contribution in [0.1, 0.15) is 25.7 Å². The number of hydrogen-bond acceptors (Lipinski definition) is 6. The first-order valence-electron chi connectivity index (χ1n) is 8.34. The summed E-state index contributed by atoms with van der Waals surface area (Å²) in [6, 6.07) is 3.79. The number of likely N-dealkylation sites (tertiary alicyclic amines) is 1. The summed E-state index contributed by atoms with van der Waals surface area (Å²) in [5.41, 5.74) is 0.858. The zero-order valence-corrected chi connectivity index (χ0v) is 14.0. The molecule has 6 heteroatoms. The van der Waals surface area contributed by atoms with E-state index in [4.69, 9.17) is 4.42 Å². The van der Waals surface area contributed by atoms with Crippen LogP contribution in [0.2, 0.25) is 0 Å². The summed E-state index contributed by atoms with van der Waals surface area (Å²) < 4.78 is 5.74. The van der Waals surface area contributed by atoms with E-state index in [2.05, 4.69) is 39.0 Å². The van der Waals surface area contributed by atoms with Crippen molar-refractivity contribution in [2.45, 2.75) is 26.3 Å². The third-order valence-electron chi connectivity index (χ3n) is 4.17. The molecule has 1 fully saturated rings.